The third-order valence-corrected chi connectivity index (χ3v) is 4.07. The molecule has 1 heterocycles. The maximum absolute atomic E-state index is 12.1. The number of aromatic nitrogens is 2. The molecule has 1 aromatic heterocycles. The second kappa shape index (κ2) is 7.62. The molecule has 3 N–H and O–H groups in total. The fourth-order valence-corrected chi connectivity index (χ4v) is 2.81. The van der Waals surface area contributed by atoms with Gasteiger partial charge in [0.25, 0.3) is 0 Å². The lowest BCUT2D eigenvalue weighted by Crippen LogP contribution is -2.42. The SMILES string of the molecule is Cc1cc(C)n(-c2ccc(C(C)NC(=O)[C@@H](N)CC(C)C)cc2)n1. The molecule has 0 spiro atoms. The summed E-state index contributed by atoms with van der Waals surface area (Å²) < 4.78 is 1.92. The molecule has 0 aliphatic heterocycles. The molecule has 24 heavy (non-hydrogen) atoms. The van der Waals surface area contributed by atoms with Crippen LogP contribution >= 0.6 is 0 Å². The summed E-state index contributed by atoms with van der Waals surface area (Å²) in [5.41, 5.74) is 10.1. The minimum atomic E-state index is -0.457. The highest BCUT2D eigenvalue weighted by molar-refractivity contribution is 5.81. The Hall–Kier alpha value is -2.14. The van der Waals surface area contributed by atoms with Crippen LogP contribution in [0.4, 0.5) is 0 Å². The molecule has 0 saturated carbocycles. The average Bonchev–Trinajstić information content (AvgIpc) is 2.85. The van der Waals surface area contributed by atoms with Crippen LogP contribution in [0.1, 0.15) is 50.2 Å². The number of amides is 1. The molecule has 0 radical (unpaired) electrons. The van der Waals surface area contributed by atoms with E-state index in [2.05, 4.69) is 24.3 Å². The predicted octanol–water partition coefficient (Wildman–Crippen LogP) is 3.04. The van der Waals surface area contributed by atoms with Gasteiger partial charge in [0.2, 0.25) is 5.91 Å². The molecule has 2 atom stereocenters. The summed E-state index contributed by atoms with van der Waals surface area (Å²) in [5, 5.41) is 7.47. The summed E-state index contributed by atoms with van der Waals surface area (Å²) in [4.78, 5) is 12.1. The number of nitrogens with one attached hydrogen (secondary N) is 1. The lowest BCUT2D eigenvalue weighted by atomic mass is 10.0. The van der Waals surface area contributed by atoms with Crippen LogP contribution in [-0.2, 0) is 4.79 Å². The van der Waals surface area contributed by atoms with Crippen LogP contribution in [0.5, 0.6) is 0 Å². The molecule has 0 bridgehead atoms. The average molecular weight is 328 g/mol. The monoisotopic (exact) mass is 328 g/mol. The van der Waals surface area contributed by atoms with E-state index in [0.717, 1.165) is 22.6 Å². The molecule has 2 rings (SSSR count). The molecule has 5 nitrogen and oxygen atoms in total. The minimum absolute atomic E-state index is 0.0785. The Labute approximate surface area is 144 Å². The molecule has 0 aliphatic rings. The largest absolute Gasteiger partial charge is 0.348 e. The van der Waals surface area contributed by atoms with Gasteiger partial charge >= 0.3 is 0 Å². The molecule has 0 saturated heterocycles. The van der Waals surface area contributed by atoms with Gasteiger partial charge in [0.15, 0.2) is 0 Å². The smallest absolute Gasteiger partial charge is 0.237 e. The molecule has 5 heteroatoms. The van der Waals surface area contributed by atoms with Crippen molar-refractivity contribution < 1.29 is 4.79 Å². The van der Waals surface area contributed by atoms with E-state index in [0.29, 0.717) is 12.3 Å². The zero-order chi connectivity index (χ0) is 17.9. The van der Waals surface area contributed by atoms with Gasteiger partial charge in [-0.1, -0.05) is 26.0 Å². The van der Waals surface area contributed by atoms with Crippen molar-refractivity contribution >= 4 is 5.91 Å². The van der Waals surface area contributed by atoms with Crippen molar-refractivity contribution in [1.29, 1.82) is 0 Å². The van der Waals surface area contributed by atoms with E-state index in [1.165, 1.54) is 0 Å². The third kappa shape index (κ3) is 4.45. The first-order chi connectivity index (χ1) is 11.3. The number of carbonyl (C=O) groups is 1. The van der Waals surface area contributed by atoms with Crippen LogP contribution in [0.25, 0.3) is 5.69 Å². The van der Waals surface area contributed by atoms with E-state index in [1.807, 2.05) is 55.8 Å². The number of carbonyl (C=O) groups excluding carboxylic acids is 1. The number of nitrogens with two attached hydrogens (primary N) is 1. The van der Waals surface area contributed by atoms with E-state index >= 15 is 0 Å². The molecule has 1 aromatic carbocycles. The summed E-state index contributed by atoms with van der Waals surface area (Å²) in [5.74, 6) is 0.305. The van der Waals surface area contributed by atoms with Crippen molar-refractivity contribution in [1.82, 2.24) is 15.1 Å². The van der Waals surface area contributed by atoms with Crippen molar-refractivity contribution in [2.75, 3.05) is 0 Å². The standard InChI is InChI=1S/C19H28N4O/c1-12(2)10-18(20)19(24)21-15(5)16-6-8-17(9-7-16)23-14(4)11-13(3)22-23/h6-9,11-12,15,18H,10,20H2,1-5H3,(H,21,24)/t15?,18-/m0/s1. The lowest BCUT2D eigenvalue weighted by Gasteiger charge is -2.19. The second-order valence-electron chi connectivity index (χ2n) is 6.90. The first kappa shape index (κ1) is 18.2. The normalized spacial score (nSPS) is 13.8. The summed E-state index contributed by atoms with van der Waals surface area (Å²) in [7, 11) is 0. The lowest BCUT2D eigenvalue weighted by molar-refractivity contribution is -0.123. The summed E-state index contributed by atoms with van der Waals surface area (Å²) >= 11 is 0. The van der Waals surface area contributed by atoms with Crippen molar-refractivity contribution in [3.8, 4) is 5.69 Å². The van der Waals surface area contributed by atoms with Gasteiger partial charge < -0.3 is 11.1 Å². The van der Waals surface area contributed by atoms with Gasteiger partial charge in [-0.05, 0) is 56.9 Å². The molecular weight excluding hydrogens is 300 g/mol. The number of benzene rings is 1. The Morgan fingerprint density at radius 1 is 1.21 bits per heavy atom. The van der Waals surface area contributed by atoms with Crippen LogP contribution in [0.2, 0.25) is 0 Å². The Morgan fingerprint density at radius 2 is 1.83 bits per heavy atom. The Kier molecular flexibility index (Phi) is 5.78. The maximum atomic E-state index is 12.1. The van der Waals surface area contributed by atoms with Crippen molar-refractivity contribution in [2.24, 2.45) is 11.7 Å². The van der Waals surface area contributed by atoms with Crippen molar-refractivity contribution in [3.63, 3.8) is 0 Å². The first-order valence-electron chi connectivity index (χ1n) is 8.47. The highest BCUT2D eigenvalue weighted by atomic mass is 16.2. The van der Waals surface area contributed by atoms with Crippen LogP contribution in [-0.4, -0.2) is 21.7 Å². The van der Waals surface area contributed by atoms with E-state index in [-0.39, 0.29) is 11.9 Å². The molecule has 1 amide bonds. The third-order valence-electron chi connectivity index (χ3n) is 4.07. The Bertz CT molecular complexity index is 688. The van der Waals surface area contributed by atoms with E-state index < -0.39 is 6.04 Å². The van der Waals surface area contributed by atoms with Gasteiger partial charge in [0.05, 0.1) is 23.5 Å². The Balaban J connectivity index is 2.05. The van der Waals surface area contributed by atoms with Crippen LogP contribution in [0, 0.1) is 19.8 Å². The molecule has 130 valence electrons. The maximum Gasteiger partial charge on any atom is 0.237 e. The fraction of sp³-hybridized carbons (Fsp3) is 0.474. The van der Waals surface area contributed by atoms with Crippen molar-refractivity contribution in [2.45, 2.75) is 53.1 Å². The summed E-state index contributed by atoms with van der Waals surface area (Å²) in [6.07, 6.45) is 0.690. The van der Waals surface area contributed by atoms with E-state index in [9.17, 15) is 4.79 Å². The number of nitrogens with zero attached hydrogens (tertiary/aromatic N) is 2. The zero-order valence-electron chi connectivity index (χ0n) is 15.2. The van der Waals surface area contributed by atoms with Crippen LogP contribution < -0.4 is 11.1 Å². The van der Waals surface area contributed by atoms with Crippen LogP contribution in [0.3, 0.4) is 0 Å². The second-order valence-corrected chi connectivity index (χ2v) is 6.90. The quantitative estimate of drug-likeness (QED) is 0.856. The Morgan fingerprint density at radius 3 is 2.33 bits per heavy atom. The van der Waals surface area contributed by atoms with Crippen LogP contribution in [0.15, 0.2) is 30.3 Å². The molecular formula is C19H28N4O. The van der Waals surface area contributed by atoms with Crippen molar-refractivity contribution in [3.05, 3.63) is 47.3 Å². The molecule has 0 aliphatic carbocycles. The zero-order valence-corrected chi connectivity index (χ0v) is 15.2. The summed E-state index contributed by atoms with van der Waals surface area (Å²) in [6.45, 7) is 10.1. The first-order valence-corrected chi connectivity index (χ1v) is 8.47. The molecule has 2 aromatic rings. The van der Waals surface area contributed by atoms with Gasteiger partial charge in [0.1, 0.15) is 0 Å². The van der Waals surface area contributed by atoms with Gasteiger partial charge in [0, 0.05) is 5.69 Å². The number of aryl methyl sites for hydroxylation is 2. The van der Waals surface area contributed by atoms with Gasteiger partial charge in [-0.25, -0.2) is 4.68 Å². The van der Waals surface area contributed by atoms with E-state index in [1.54, 1.807) is 0 Å². The van der Waals surface area contributed by atoms with Gasteiger partial charge in [-0.15, -0.1) is 0 Å². The number of hydrogen-bond acceptors (Lipinski definition) is 3. The molecule has 0 fully saturated rings. The van der Waals surface area contributed by atoms with E-state index in [4.69, 9.17) is 5.73 Å². The topological polar surface area (TPSA) is 72.9 Å². The highest BCUT2D eigenvalue weighted by Gasteiger charge is 2.17. The summed E-state index contributed by atoms with van der Waals surface area (Å²) in [6, 6.07) is 9.59. The fourth-order valence-electron chi connectivity index (χ4n) is 2.81. The number of rotatable bonds is 6. The molecule has 1 unspecified atom stereocenters. The number of hydrogen-bond donors (Lipinski definition) is 2. The minimum Gasteiger partial charge on any atom is -0.348 e. The van der Waals surface area contributed by atoms with Gasteiger partial charge in [-0.3, -0.25) is 4.79 Å². The van der Waals surface area contributed by atoms with Gasteiger partial charge in [-0.2, -0.15) is 5.10 Å². The predicted molar refractivity (Wildman–Crippen MR) is 97.0 cm³/mol. The highest BCUT2D eigenvalue weighted by Crippen LogP contribution is 2.17.